The molecule has 0 aromatic heterocycles. The summed E-state index contributed by atoms with van der Waals surface area (Å²) in [7, 11) is 0. The van der Waals surface area contributed by atoms with Gasteiger partial charge in [0, 0.05) is 5.92 Å². The predicted octanol–water partition coefficient (Wildman–Crippen LogP) is -0.282. The Kier molecular flexibility index (Phi) is 2.25. The van der Waals surface area contributed by atoms with Crippen molar-refractivity contribution in [3.8, 4) is 0 Å². The summed E-state index contributed by atoms with van der Waals surface area (Å²) < 4.78 is 0. The van der Waals surface area contributed by atoms with Crippen LogP contribution in [0.1, 0.15) is 17.9 Å². The molecule has 4 nitrogen and oxygen atoms in total. The van der Waals surface area contributed by atoms with Gasteiger partial charge < -0.3 is 16.6 Å². The van der Waals surface area contributed by atoms with E-state index in [1.54, 1.807) is 0 Å². The van der Waals surface area contributed by atoms with Gasteiger partial charge in [0.05, 0.1) is 5.54 Å². The summed E-state index contributed by atoms with van der Waals surface area (Å²) >= 11 is 0. The van der Waals surface area contributed by atoms with Crippen LogP contribution in [0.2, 0.25) is 0 Å². The lowest BCUT2D eigenvalue weighted by molar-refractivity contribution is -0.127. The number of primary amides is 1. The smallest absolute Gasteiger partial charge is 0.248 e. The minimum atomic E-state index is -1.26. The normalized spacial score (nSPS) is 30.9. The van der Waals surface area contributed by atoms with E-state index in [2.05, 4.69) is 0 Å². The fraction of sp³-hybridized carbons (Fsp3) is 0.364. The topological polar surface area (TPSA) is 89.3 Å². The molecule has 1 aromatic rings. The van der Waals surface area contributed by atoms with Crippen LogP contribution in [0.3, 0.4) is 0 Å². The summed E-state index contributed by atoms with van der Waals surface area (Å²) in [5.41, 5.74) is 11.1. The molecule has 1 fully saturated rings. The average Bonchev–Trinajstić information content (AvgIpc) is 2.92. The lowest BCUT2D eigenvalue weighted by Gasteiger charge is -2.16. The van der Waals surface area contributed by atoms with Gasteiger partial charge in [-0.3, -0.25) is 4.79 Å². The van der Waals surface area contributed by atoms with Crippen molar-refractivity contribution in [1.29, 1.82) is 0 Å². The molecule has 1 amide bonds. The Balaban J connectivity index is 2.16. The van der Waals surface area contributed by atoms with Gasteiger partial charge >= 0.3 is 0 Å². The first-order valence-corrected chi connectivity index (χ1v) is 4.87. The summed E-state index contributed by atoms with van der Waals surface area (Å²) in [6.45, 7) is 0. The maximum atomic E-state index is 10.9. The van der Waals surface area contributed by atoms with Crippen molar-refractivity contribution in [3.63, 3.8) is 0 Å². The van der Waals surface area contributed by atoms with E-state index in [-0.39, 0.29) is 5.92 Å². The Bertz CT molecular complexity index is 379. The van der Waals surface area contributed by atoms with Gasteiger partial charge in [-0.2, -0.15) is 0 Å². The number of amides is 1. The Morgan fingerprint density at radius 3 is 2.60 bits per heavy atom. The monoisotopic (exact) mass is 206 g/mol. The first kappa shape index (κ1) is 10.1. The van der Waals surface area contributed by atoms with Gasteiger partial charge in [-0.1, -0.05) is 30.3 Å². The fourth-order valence-corrected chi connectivity index (χ4v) is 1.98. The number of aliphatic hydroxyl groups excluding tert-OH is 1. The molecule has 1 saturated carbocycles. The van der Waals surface area contributed by atoms with Crippen molar-refractivity contribution in [1.82, 2.24) is 0 Å². The van der Waals surface area contributed by atoms with E-state index in [1.165, 1.54) is 0 Å². The minimum absolute atomic E-state index is 0.0289. The molecule has 1 aliphatic carbocycles. The predicted molar refractivity (Wildman–Crippen MR) is 55.9 cm³/mol. The van der Waals surface area contributed by atoms with Crippen LogP contribution in [0.5, 0.6) is 0 Å². The molecular formula is C11H14N2O2. The number of hydrogen-bond donors (Lipinski definition) is 3. The van der Waals surface area contributed by atoms with Crippen molar-refractivity contribution in [2.75, 3.05) is 0 Å². The Morgan fingerprint density at radius 1 is 1.47 bits per heavy atom. The van der Waals surface area contributed by atoms with Gasteiger partial charge in [-0.15, -0.1) is 0 Å². The van der Waals surface area contributed by atoms with Crippen LogP contribution in [-0.4, -0.2) is 22.7 Å². The number of aliphatic hydroxyl groups is 1. The van der Waals surface area contributed by atoms with E-state index in [0.29, 0.717) is 6.42 Å². The number of nitrogens with two attached hydrogens (primary N) is 2. The van der Waals surface area contributed by atoms with E-state index in [9.17, 15) is 9.90 Å². The number of rotatable bonds is 3. The van der Waals surface area contributed by atoms with Crippen molar-refractivity contribution in [2.24, 2.45) is 11.5 Å². The summed E-state index contributed by atoms with van der Waals surface area (Å²) in [5.74, 6) is -0.725. The van der Waals surface area contributed by atoms with E-state index in [1.807, 2.05) is 30.3 Å². The summed E-state index contributed by atoms with van der Waals surface area (Å²) in [6, 6.07) is 9.60. The highest BCUT2D eigenvalue weighted by molar-refractivity contribution is 5.81. The Hall–Kier alpha value is -1.39. The first-order valence-electron chi connectivity index (χ1n) is 4.87. The van der Waals surface area contributed by atoms with Crippen LogP contribution in [-0.2, 0) is 4.79 Å². The van der Waals surface area contributed by atoms with Crippen LogP contribution >= 0.6 is 0 Å². The second-order valence-electron chi connectivity index (χ2n) is 4.08. The zero-order chi connectivity index (χ0) is 11.1. The fourth-order valence-electron chi connectivity index (χ4n) is 1.98. The number of hydrogen-bond acceptors (Lipinski definition) is 3. The molecule has 5 N–H and O–H groups in total. The molecule has 0 aliphatic heterocycles. The largest absolute Gasteiger partial charge is 0.381 e. The van der Waals surface area contributed by atoms with Crippen LogP contribution in [0.4, 0.5) is 0 Å². The summed E-state index contributed by atoms with van der Waals surface area (Å²) in [6.07, 6.45) is -0.663. The maximum absolute atomic E-state index is 10.9. The van der Waals surface area contributed by atoms with Crippen LogP contribution in [0.15, 0.2) is 30.3 Å². The van der Waals surface area contributed by atoms with Crippen molar-refractivity contribution in [3.05, 3.63) is 35.9 Å². The van der Waals surface area contributed by atoms with Gasteiger partial charge in [0.1, 0.15) is 0 Å². The standard InChI is InChI=1S/C11H14N2O2/c12-10(15)9(14)11(13)6-8(11)7-4-2-1-3-5-7/h1-5,8-9,14H,6,13H2,(H2,12,15)/t8-,9?,11?/m0/s1. The second kappa shape index (κ2) is 3.32. The average molecular weight is 206 g/mol. The van der Waals surface area contributed by atoms with E-state index in [0.717, 1.165) is 5.56 Å². The Morgan fingerprint density at radius 2 is 2.07 bits per heavy atom. The third-order valence-electron chi connectivity index (χ3n) is 3.03. The molecule has 15 heavy (non-hydrogen) atoms. The molecule has 0 radical (unpaired) electrons. The van der Waals surface area contributed by atoms with Gasteiger partial charge in [0.2, 0.25) is 5.91 Å². The SMILES string of the molecule is NC(=O)C(O)C1(N)C[C@H]1c1ccccc1. The second-order valence-corrected chi connectivity index (χ2v) is 4.08. The third-order valence-corrected chi connectivity index (χ3v) is 3.03. The third kappa shape index (κ3) is 1.62. The molecule has 4 heteroatoms. The molecule has 1 aromatic carbocycles. The van der Waals surface area contributed by atoms with Crippen molar-refractivity contribution >= 4 is 5.91 Å². The van der Waals surface area contributed by atoms with Gasteiger partial charge in [0.15, 0.2) is 6.10 Å². The molecule has 0 spiro atoms. The van der Waals surface area contributed by atoms with Crippen LogP contribution in [0.25, 0.3) is 0 Å². The van der Waals surface area contributed by atoms with Crippen molar-refractivity contribution < 1.29 is 9.90 Å². The van der Waals surface area contributed by atoms with Crippen LogP contribution in [0, 0.1) is 0 Å². The van der Waals surface area contributed by atoms with E-state index < -0.39 is 17.6 Å². The lowest BCUT2D eigenvalue weighted by atomic mass is 10.0. The highest BCUT2D eigenvalue weighted by atomic mass is 16.3. The molecule has 0 heterocycles. The van der Waals surface area contributed by atoms with Gasteiger partial charge in [-0.05, 0) is 12.0 Å². The highest BCUT2D eigenvalue weighted by Crippen LogP contribution is 2.51. The quantitative estimate of drug-likeness (QED) is 0.635. The van der Waals surface area contributed by atoms with Gasteiger partial charge in [0.25, 0.3) is 0 Å². The molecule has 2 rings (SSSR count). The number of benzene rings is 1. The lowest BCUT2D eigenvalue weighted by Crippen LogP contribution is -2.47. The molecule has 0 saturated heterocycles. The van der Waals surface area contributed by atoms with Gasteiger partial charge in [-0.25, -0.2) is 0 Å². The van der Waals surface area contributed by atoms with Crippen LogP contribution < -0.4 is 11.5 Å². The number of carbonyl (C=O) groups excluding carboxylic acids is 1. The van der Waals surface area contributed by atoms with E-state index in [4.69, 9.17) is 11.5 Å². The Labute approximate surface area is 87.9 Å². The maximum Gasteiger partial charge on any atom is 0.248 e. The zero-order valence-corrected chi connectivity index (χ0v) is 8.26. The molecule has 80 valence electrons. The molecular weight excluding hydrogens is 192 g/mol. The molecule has 0 bridgehead atoms. The highest BCUT2D eigenvalue weighted by Gasteiger charge is 2.58. The summed E-state index contributed by atoms with van der Waals surface area (Å²) in [4.78, 5) is 10.9. The number of carbonyl (C=O) groups is 1. The minimum Gasteiger partial charge on any atom is -0.381 e. The molecule has 3 atom stereocenters. The first-order chi connectivity index (χ1) is 7.05. The summed E-state index contributed by atoms with van der Waals surface area (Å²) in [5, 5.41) is 9.56. The van der Waals surface area contributed by atoms with E-state index >= 15 is 0 Å². The van der Waals surface area contributed by atoms with Crippen molar-refractivity contribution in [2.45, 2.75) is 24.0 Å². The molecule has 1 aliphatic rings. The zero-order valence-electron chi connectivity index (χ0n) is 8.26. The molecule has 2 unspecified atom stereocenters.